The normalized spacial score (nSPS) is 15.0. The molecule has 0 aromatic heterocycles. The van der Waals surface area contributed by atoms with Gasteiger partial charge < -0.3 is 28.6 Å². The number of hydrogen-bond acceptors (Lipinski definition) is 9. The van der Waals surface area contributed by atoms with Gasteiger partial charge in [-0.1, -0.05) is 6.07 Å². The van der Waals surface area contributed by atoms with Gasteiger partial charge in [-0.15, -0.1) is 0 Å². The van der Waals surface area contributed by atoms with E-state index in [9.17, 15) is 13.2 Å². The fourth-order valence-corrected chi connectivity index (χ4v) is 6.27. The summed E-state index contributed by atoms with van der Waals surface area (Å²) in [6, 6.07) is 16.8. The van der Waals surface area contributed by atoms with Crippen LogP contribution in [0.5, 0.6) is 28.7 Å². The highest BCUT2D eigenvalue weighted by molar-refractivity contribution is 7.92. The van der Waals surface area contributed by atoms with Gasteiger partial charge in [-0.3, -0.25) is 14.0 Å². The minimum atomic E-state index is -4.14. The smallest absolute Gasteiger partial charge is 0.264 e. The minimum Gasteiger partial charge on any atom is -0.497 e. The van der Waals surface area contributed by atoms with Crippen LogP contribution in [0.1, 0.15) is 5.56 Å². The van der Waals surface area contributed by atoms with Crippen LogP contribution in [-0.4, -0.2) is 85.0 Å². The van der Waals surface area contributed by atoms with E-state index in [-0.39, 0.29) is 29.9 Å². The van der Waals surface area contributed by atoms with Crippen LogP contribution in [-0.2, 0) is 21.4 Å². The van der Waals surface area contributed by atoms with E-state index < -0.39 is 10.0 Å². The Kier molecular flexibility index (Phi) is 8.41. The largest absolute Gasteiger partial charge is 0.497 e. The van der Waals surface area contributed by atoms with E-state index in [1.807, 2.05) is 18.2 Å². The summed E-state index contributed by atoms with van der Waals surface area (Å²) < 4.78 is 55.6. The second-order valence-corrected chi connectivity index (χ2v) is 11.4. The van der Waals surface area contributed by atoms with Crippen LogP contribution in [0.15, 0.2) is 65.6 Å². The molecule has 0 spiro atoms. The lowest BCUT2D eigenvalue weighted by Gasteiger charge is -2.36. The molecule has 0 aliphatic carbocycles. The van der Waals surface area contributed by atoms with Gasteiger partial charge in [0.1, 0.15) is 12.3 Å². The van der Waals surface area contributed by atoms with Crippen molar-refractivity contribution in [2.24, 2.45) is 0 Å². The van der Waals surface area contributed by atoms with E-state index in [0.717, 1.165) is 21.4 Å². The molecule has 41 heavy (non-hydrogen) atoms. The highest BCUT2D eigenvalue weighted by Crippen LogP contribution is 2.34. The maximum atomic E-state index is 13.9. The fraction of sp³-hybridized carbons (Fsp3) is 0.345. The van der Waals surface area contributed by atoms with Crippen molar-refractivity contribution in [3.63, 3.8) is 0 Å². The Bertz CT molecular complexity index is 1490. The van der Waals surface area contributed by atoms with E-state index in [4.69, 9.17) is 23.7 Å². The van der Waals surface area contributed by atoms with Crippen molar-refractivity contribution in [3.8, 4) is 28.7 Å². The van der Waals surface area contributed by atoms with Gasteiger partial charge in [-0.05, 0) is 54.1 Å². The number of carbonyl (C=O) groups excluding carboxylic acids is 1. The van der Waals surface area contributed by atoms with Crippen molar-refractivity contribution in [1.82, 2.24) is 9.80 Å². The molecule has 2 aliphatic rings. The van der Waals surface area contributed by atoms with Gasteiger partial charge in [-0.25, -0.2) is 8.42 Å². The lowest BCUT2D eigenvalue weighted by molar-refractivity contribution is -0.131. The molecule has 1 fully saturated rings. The Morgan fingerprint density at radius 2 is 1.54 bits per heavy atom. The lowest BCUT2D eigenvalue weighted by Crippen LogP contribution is -2.51. The van der Waals surface area contributed by atoms with Crippen molar-refractivity contribution in [2.75, 3.05) is 65.2 Å². The molecule has 0 radical (unpaired) electrons. The summed E-state index contributed by atoms with van der Waals surface area (Å²) in [5.74, 6) is 2.44. The Morgan fingerprint density at radius 3 is 2.22 bits per heavy atom. The predicted molar refractivity (Wildman–Crippen MR) is 151 cm³/mol. The molecule has 0 atom stereocenters. The predicted octanol–water partition coefficient (Wildman–Crippen LogP) is 2.98. The molecular formula is C29H33N3O8S. The Balaban J connectivity index is 1.31. The van der Waals surface area contributed by atoms with E-state index in [1.165, 1.54) is 39.5 Å². The molecular weight excluding hydrogens is 550 g/mol. The SMILES string of the molecule is COc1ccc(N(CC(=O)N2CCN(Cc3ccc4c(c3)OCO4)CC2)S(=O)(=O)c2ccc(OC)c(OC)c2)cc1. The van der Waals surface area contributed by atoms with E-state index in [2.05, 4.69) is 4.90 Å². The number of anilines is 1. The summed E-state index contributed by atoms with van der Waals surface area (Å²) in [4.78, 5) is 17.4. The summed E-state index contributed by atoms with van der Waals surface area (Å²) in [6.07, 6.45) is 0. The number of amides is 1. The van der Waals surface area contributed by atoms with E-state index >= 15 is 0 Å². The summed E-state index contributed by atoms with van der Waals surface area (Å²) in [7, 11) is 0.297. The highest BCUT2D eigenvalue weighted by Gasteiger charge is 2.31. The average molecular weight is 584 g/mol. The number of fused-ring (bicyclic) bond motifs is 1. The third-order valence-electron chi connectivity index (χ3n) is 7.15. The van der Waals surface area contributed by atoms with Crippen molar-refractivity contribution in [1.29, 1.82) is 0 Å². The van der Waals surface area contributed by atoms with Gasteiger partial charge >= 0.3 is 0 Å². The summed E-state index contributed by atoms with van der Waals surface area (Å²) in [6.45, 7) is 2.87. The van der Waals surface area contributed by atoms with Crippen LogP contribution in [0.3, 0.4) is 0 Å². The maximum Gasteiger partial charge on any atom is 0.264 e. The van der Waals surface area contributed by atoms with Gasteiger partial charge in [0.25, 0.3) is 10.0 Å². The lowest BCUT2D eigenvalue weighted by atomic mass is 10.1. The standard InChI is InChI=1S/C29H33N3O8S/c1-36-23-7-5-22(6-8-23)32(41(34,35)24-9-11-25(37-2)27(17-24)38-3)19-29(33)31-14-12-30(13-15-31)18-21-4-10-26-28(16-21)40-20-39-26/h4-11,16-17H,12-15,18-20H2,1-3H3. The molecule has 218 valence electrons. The van der Waals surface area contributed by atoms with Crippen molar-refractivity contribution in [3.05, 3.63) is 66.2 Å². The average Bonchev–Trinajstić information content (AvgIpc) is 3.48. The number of hydrogen-bond donors (Lipinski definition) is 0. The number of ether oxygens (including phenoxy) is 5. The molecule has 5 rings (SSSR count). The van der Waals surface area contributed by atoms with Gasteiger partial charge in [0.05, 0.1) is 31.9 Å². The maximum absolute atomic E-state index is 13.9. The molecule has 0 bridgehead atoms. The number of nitrogens with zero attached hydrogens (tertiary/aromatic N) is 3. The topological polar surface area (TPSA) is 107 Å². The number of carbonyl (C=O) groups is 1. The summed E-state index contributed by atoms with van der Waals surface area (Å²) >= 11 is 0. The number of benzene rings is 3. The first kappa shape index (κ1) is 28.4. The molecule has 2 heterocycles. The third kappa shape index (κ3) is 6.13. The molecule has 0 unspecified atom stereocenters. The zero-order chi connectivity index (χ0) is 29.0. The van der Waals surface area contributed by atoms with Gasteiger partial charge in [0, 0.05) is 38.8 Å². The Morgan fingerprint density at radius 1 is 0.829 bits per heavy atom. The third-order valence-corrected chi connectivity index (χ3v) is 8.92. The van der Waals surface area contributed by atoms with Crippen molar-refractivity contribution in [2.45, 2.75) is 11.4 Å². The first-order valence-electron chi connectivity index (χ1n) is 13.1. The Labute approximate surface area is 239 Å². The van der Waals surface area contributed by atoms with Crippen LogP contribution in [0.2, 0.25) is 0 Å². The van der Waals surface area contributed by atoms with E-state index in [0.29, 0.717) is 49.9 Å². The van der Waals surface area contributed by atoms with Gasteiger partial charge in [0.2, 0.25) is 12.7 Å². The molecule has 3 aromatic rings. The zero-order valence-corrected chi connectivity index (χ0v) is 24.1. The molecule has 3 aromatic carbocycles. The van der Waals surface area contributed by atoms with Crippen molar-refractivity contribution >= 4 is 21.6 Å². The number of rotatable bonds is 10. The van der Waals surface area contributed by atoms with Crippen LogP contribution in [0, 0.1) is 0 Å². The van der Waals surface area contributed by atoms with Crippen LogP contribution in [0.4, 0.5) is 5.69 Å². The van der Waals surface area contributed by atoms with Gasteiger partial charge in [-0.2, -0.15) is 0 Å². The zero-order valence-electron chi connectivity index (χ0n) is 23.2. The molecule has 2 aliphatic heterocycles. The second kappa shape index (κ2) is 12.1. The van der Waals surface area contributed by atoms with Crippen LogP contribution >= 0.6 is 0 Å². The molecule has 12 heteroatoms. The fourth-order valence-electron chi connectivity index (χ4n) is 4.84. The monoisotopic (exact) mass is 583 g/mol. The first-order chi connectivity index (χ1) is 19.8. The number of piperazine rings is 1. The molecule has 0 saturated carbocycles. The van der Waals surface area contributed by atoms with Gasteiger partial charge in [0.15, 0.2) is 23.0 Å². The first-order valence-corrected chi connectivity index (χ1v) is 14.5. The molecule has 1 amide bonds. The highest BCUT2D eigenvalue weighted by atomic mass is 32.2. The van der Waals surface area contributed by atoms with Crippen LogP contribution < -0.4 is 28.0 Å². The molecule has 1 saturated heterocycles. The second-order valence-electron chi connectivity index (χ2n) is 9.57. The quantitative estimate of drug-likeness (QED) is 0.356. The summed E-state index contributed by atoms with van der Waals surface area (Å²) in [5.41, 5.74) is 1.44. The van der Waals surface area contributed by atoms with E-state index in [1.54, 1.807) is 29.2 Å². The number of methoxy groups -OCH3 is 3. The number of sulfonamides is 1. The minimum absolute atomic E-state index is 0.0210. The Hall–Kier alpha value is -4.16. The van der Waals surface area contributed by atoms with Crippen LogP contribution in [0.25, 0.3) is 0 Å². The van der Waals surface area contributed by atoms with Crippen molar-refractivity contribution < 1.29 is 36.9 Å². The molecule has 11 nitrogen and oxygen atoms in total. The molecule has 0 N–H and O–H groups in total. The summed E-state index contributed by atoms with van der Waals surface area (Å²) in [5, 5.41) is 0.